The Morgan fingerprint density at radius 3 is 2.73 bits per heavy atom. The molecule has 78 valence electrons. The number of carbonyl (C=O) groups is 1. The van der Waals surface area contributed by atoms with Crippen LogP contribution in [0.5, 0.6) is 0 Å². The first-order valence-electron chi connectivity index (χ1n) is 5.35. The van der Waals surface area contributed by atoms with Gasteiger partial charge in [-0.15, -0.1) is 8.58 Å². The molecule has 0 saturated carbocycles. The van der Waals surface area contributed by atoms with Crippen LogP contribution in [0.1, 0.15) is 28.8 Å². The molecule has 0 aliphatic carbocycles. The van der Waals surface area contributed by atoms with Crippen LogP contribution in [-0.4, -0.2) is 18.3 Å². The fourth-order valence-electron chi connectivity index (χ4n) is 2.55. The van der Waals surface area contributed by atoms with Crippen molar-refractivity contribution in [3.05, 3.63) is 35.4 Å². The largest absolute Gasteiger partial charge is 0.451 e. The number of esters is 1. The van der Waals surface area contributed by atoms with E-state index in [0.717, 1.165) is 32.5 Å². The topological polar surface area (TPSA) is 26.3 Å². The molecule has 0 radical (unpaired) electrons. The third kappa shape index (κ3) is 1.32. The van der Waals surface area contributed by atoms with Gasteiger partial charge in [-0.1, -0.05) is 18.2 Å². The highest BCUT2D eigenvalue weighted by atomic mass is 31.1. The monoisotopic (exact) mass is 220 g/mol. The van der Waals surface area contributed by atoms with E-state index in [1.807, 2.05) is 18.2 Å². The maximum atomic E-state index is 11.7. The van der Waals surface area contributed by atoms with Crippen molar-refractivity contribution in [2.75, 3.05) is 12.3 Å². The number of ether oxygens (including phenoxy) is 1. The molecule has 3 heteroatoms. The van der Waals surface area contributed by atoms with Crippen molar-refractivity contribution in [1.82, 2.24) is 0 Å². The average Bonchev–Trinajstić information content (AvgIpc) is 2.55. The summed E-state index contributed by atoms with van der Waals surface area (Å²) in [5, 5.41) is 0. The Hall–Kier alpha value is -0.880. The van der Waals surface area contributed by atoms with Gasteiger partial charge in [-0.3, -0.25) is 0 Å². The van der Waals surface area contributed by atoms with E-state index >= 15 is 0 Å². The molecule has 0 N–H and O–H groups in total. The molecule has 3 rings (SSSR count). The summed E-state index contributed by atoms with van der Waals surface area (Å²) in [4.78, 5) is 11.7. The zero-order valence-electron chi connectivity index (χ0n) is 8.45. The molecule has 2 aliphatic rings. The molecule has 2 aliphatic heterocycles. The highest BCUT2D eigenvalue weighted by Gasteiger charge is 2.45. The SMILES string of the molecule is O=C1OC2(CCPCC2)c2ccccc21. The van der Waals surface area contributed by atoms with Gasteiger partial charge in [0, 0.05) is 5.56 Å². The standard InChI is InChI=1S/C12H13O2P/c13-11-9-3-1-2-4-10(9)12(14-11)5-7-15-8-6-12/h1-4,15H,5-8H2. The number of benzene rings is 1. The van der Waals surface area contributed by atoms with Crippen molar-refractivity contribution in [2.45, 2.75) is 18.4 Å². The second-order valence-corrected chi connectivity index (χ2v) is 5.68. The number of fused-ring (bicyclic) bond motifs is 2. The van der Waals surface area contributed by atoms with E-state index in [9.17, 15) is 4.79 Å². The van der Waals surface area contributed by atoms with E-state index in [1.54, 1.807) is 0 Å². The summed E-state index contributed by atoms with van der Waals surface area (Å²) in [6, 6.07) is 7.83. The third-order valence-corrected chi connectivity index (χ3v) is 4.54. The smallest absolute Gasteiger partial charge is 0.339 e. The Balaban J connectivity index is 2.10. The zero-order valence-corrected chi connectivity index (χ0v) is 9.45. The fourth-order valence-corrected chi connectivity index (χ4v) is 3.96. The van der Waals surface area contributed by atoms with Gasteiger partial charge in [0.15, 0.2) is 0 Å². The van der Waals surface area contributed by atoms with Crippen molar-refractivity contribution in [2.24, 2.45) is 0 Å². The second-order valence-electron chi connectivity index (χ2n) is 4.18. The fraction of sp³-hybridized carbons (Fsp3) is 0.417. The highest BCUT2D eigenvalue weighted by molar-refractivity contribution is 7.38. The van der Waals surface area contributed by atoms with Gasteiger partial charge in [0.1, 0.15) is 5.60 Å². The third-order valence-electron chi connectivity index (χ3n) is 3.34. The molecular weight excluding hydrogens is 207 g/mol. The molecular formula is C12H13O2P. The van der Waals surface area contributed by atoms with Crippen molar-refractivity contribution in [3.8, 4) is 0 Å². The molecule has 1 aromatic rings. The van der Waals surface area contributed by atoms with Gasteiger partial charge in [-0.25, -0.2) is 4.79 Å². The lowest BCUT2D eigenvalue weighted by Crippen LogP contribution is -2.30. The molecule has 1 fully saturated rings. The minimum Gasteiger partial charge on any atom is -0.451 e. The lowest BCUT2D eigenvalue weighted by Gasteiger charge is -2.32. The van der Waals surface area contributed by atoms with Gasteiger partial charge in [0.25, 0.3) is 0 Å². The maximum Gasteiger partial charge on any atom is 0.339 e. The van der Waals surface area contributed by atoms with E-state index in [-0.39, 0.29) is 11.6 Å². The lowest BCUT2D eigenvalue weighted by molar-refractivity contribution is -0.0130. The highest BCUT2D eigenvalue weighted by Crippen LogP contribution is 2.46. The molecule has 2 heterocycles. The van der Waals surface area contributed by atoms with Gasteiger partial charge in [-0.2, -0.15) is 0 Å². The first kappa shape index (κ1) is 9.35. The van der Waals surface area contributed by atoms with E-state index in [1.165, 1.54) is 12.3 Å². The van der Waals surface area contributed by atoms with Gasteiger partial charge in [0.05, 0.1) is 5.56 Å². The number of hydrogen-bond acceptors (Lipinski definition) is 2. The molecule has 0 unspecified atom stereocenters. The molecule has 0 bridgehead atoms. The Kier molecular flexibility index (Phi) is 2.07. The quantitative estimate of drug-likeness (QED) is 0.496. The predicted molar refractivity (Wildman–Crippen MR) is 60.8 cm³/mol. The molecule has 1 spiro atoms. The van der Waals surface area contributed by atoms with Crippen molar-refractivity contribution >= 4 is 14.6 Å². The van der Waals surface area contributed by atoms with Crippen molar-refractivity contribution in [3.63, 3.8) is 0 Å². The van der Waals surface area contributed by atoms with Crippen molar-refractivity contribution in [1.29, 1.82) is 0 Å². The van der Waals surface area contributed by atoms with Crippen LogP contribution in [0, 0.1) is 0 Å². The summed E-state index contributed by atoms with van der Waals surface area (Å²) in [6.45, 7) is 0. The zero-order chi connectivity index (χ0) is 10.3. The second kappa shape index (κ2) is 3.31. The van der Waals surface area contributed by atoms with E-state index in [2.05, 4.69) is 6.07 Å². The number of hydrogen-bond donors (Lipinski definition) is 0. The Bertz CT molecular complexity index is 408. The summed E-state index contributed by atoms with van der Waals surface area (Å²) in [5.41, 5.74) is 1.64. The van der Waals surface area contributed by atoms with Gasteiger partial charge in [-0.05, 0) is 31.2 Å². The summed E-state index contributed by atoms with van der Waals surface area (Å²) in [7, 11) is 1.04. The Labute approximate surface area is 90.8 Å². The van der Waals surface area contributed by atoms with Crippen LogP contribution in [0.15, 0.2) is 24.3 Å². The van der Waals surface area contributed by atoms with Crippen LogP contribution < -0.4 is 0 Å². The molecule has 0 amide bonds. The predicted octanol–water partition coefficient (Wildman–Crippen LogP) is 2.52. The van der Waals surface area contributed by atoms with E-state index in [0.29, 0.717) is 0 Å². The van der Waals surface area contributed by atoms with E-state index < -0.39 is 0 Å². The number of rotatable bonds is 0. The molecule has 2 nitrogen and oxygen atoms in total. The molecule has 0 aromatic heterocycles. The Morgan fingerprint density at radius 1 is 1.20 bits per heavy atom. The molecule has 15 heavy (non-hydrogen) atoms. The van der Waals surface area contributed by atoms with Crippen LogP contribution in [0.25, 0.3) is 0 Å². The van der Waals surface area contributed by atoms with Crippen LogP contribution in [-0.2, 0) is 10.3 Å². The van der Waals surface area contributed by atoms with E-state index in [4.69, 9.17) is 4.74 Å². The van der Waals surface area contributed by atoms with Crippen molar-refractivity contribution < 1.29 is 9.53 Å². The normalized spacial score (nSPS) is 30.5. The first-order valence-corrected chi connectivity index (χ1v) is 6.77. The van der Waals surface area contributed by atoms with Crippen LogP contribution in [0.4, 0.5) is 0 Å². The minimum absolute atomic E-state index is 0.129. The first-order chi connectivity index (χ1) is 7.32. The molecule has 1 saturated heterocycles. The summed E-state index contributed by atoms with van der Waals surface area (Å²) in [6.07, 6.45) is 4.41. The summed E-state index contributed by atoms with van der Waals surface area (Å²) < 4.78 is 5.63. The average molecular weight is 220 g/mol. The van der Waals surface area contributed by atoms with Gasteiger partial charge in [0.2, 0.25) is 0 Å². The maximum absolute atomic E-state index is 11.7. The van der Waals surface area contributed by atoms with Crippen LogP contribution in [0.2, 0.25) is 0 Å². The van der Waals surface area contributed by atoms with Crippen LogP contribution >= 0.6 is 8.58 Å². The Morgan fingerprint density at radius 2 is 1.93 bits per heavy atom. The van der Waals surface area contributed by atoms with Crippen LogP contribution in [0.3, 0.4) is 0 Å². The lowest BCUT2D eigenvalue weighted by atomic mass is 9.87. The number of carbonyl (C=O) groups excluding carboxylic acids is 1. The molecule has 0 atom stereocenters. The van der Waals surface area contributed by atoms with Gasteiger partial charge >= 0.3 is 5.97 Å². The minimum atomic E-state index is -0.265. The van der Waals surface area contributed by atoms with Gasteiger partial charge < -0.3 is 4.74 Å². The summed E-state index contributed by atoms with van der Waals surface area (Å²) >= 11 is 0. The molecule has 1 aromatic carbocycles. The summed E-state index contributed by atoms with van der Waals surface area (Å²) in [5.74, 6) is -0.129.